The molecule has 0 aromatic heterocycles. The molecule has 2 aromatic rings. The molecule has 0 radical (unpaired) electrons. The molecule has 0 amide bonds. The van der Waals surface area contributed by atoms with E-state index in [-0.39, 0.29) is 0 Å². The van der Waals surface area contributed by atoms with Crippen molar-refractivity contribution in [2.45, 2.75) is 20.8 Å². The van der Waals surface area contributed by atoms with Crippen molar-refractivity contribution in [1.82, 2.24) is 0 Å². The van der Waals surface area contributed by atoms with Crippen molar-refractivity contribution in [3.63, 3.8) is 0 Å². The van der Waals surface area contributed by atoms with Crippen molar-refractivity contribution >= 4 is 5.97 Å². The number of benzene rings is 2. The Labute approximate surface area is 116 Å². The largest absolute Gasteiger partial charge is 0.422 e. The van der Waals surface area contributed by atoms with Gasteiger partial charge in [-0.2, -0.15) is 0 Å². The van der Waals surface area contributed by atoms with Gasteiger partial charge in [-0.15, -0.1) is 0 Å². The van der Waals surface area contributed by atoms with E-state index in [2.05, 4.69) is 0 Å². The minimum atomic E-state index is -0.904. The average Bonchev–Trinajstić information content (AvgIpc) is 2.41. The van der Waals surface area contributed by atoms with E-state index in [1.165, 1.54) is 0 Å². The molecule has 0 spiro atoms. The summed E-state index contributed by atoms with van der Waals surface area (Å²) < 4.78 is 31.9. The van der Waals surface area contributed by atoms with Crippen LogP contribution < -0.4 is 4.74 Å². The van der Waals surface area contributed by atoms with E-state index in [0.717, 1.165) is 34.9 Å². The quantitative estimate of drug-likeness (QED) is 0.609. The lowest BCUT2D eigenvalue weighted by molar-refractivity contribution is 0.0726. The summed E-state index contributed by atoms with van der Waals surface area (Å²) in [4.78, 5) is 12.0. The molecule has 2 nitrogen and oxygen atoms in total. The van der Waals surface area contributed by atoms with Crippen molar-refractivity contribution in [2.24, 2.45) is 0 Å². The third-order valence-electron chi connectivity index (χ3n) is 3.22. The molecule has 2 rings (SSSR count). The first kappa shape index (κ1) is 14.2. The highest BCUT2D eigenvalue weighted by Gasteiger charge is 2.17. The van der Waals surface area contributed by atoms with Gasteiger partial charge in [0, 0.05) is 0 Å². The summed E-state index contributed by atoms with van der Waals surface area (Å²) in [5.74, 6) is -2.01. The molecule has 4 heteroatoms. The van der Waals surface area contributed by atoms with Gasteiger partial charge in [0.1, 0.15) is 17.4 Å². The predicted molar refractivity (Wildman–Crippen MR) is 72.0 cm³/mol. The normalized spacial score (nSPS) is 10.4. The number of carbonyl (C=O) groups excluding carboxylic acids is 1. The van der Waals surface area contributed by atoms with Crippen LogP contribution in [0.5, 0.6) is 5.75 Å². The summed E-state index contributed by atoms with van der Waals surface area (Å²) in [6.45, 7) is 5.48. The Kier molecular flexibility index (Phi) is 3.84. The lowest BCUT2D eigenvalue weighted by Gasteiger charge is -2.12. The summed E-state index contributed by atoms with van der Waals surface area (Å²) >= 11 is 0. The minimum absolute atomic E-state index is 0.388. The molecule has 0 bridgehead atoms. The molecule has 0 aliphatic carbocycles. The number of esters is 1. The molecule has 0 saturated heterocycles. The van der Waals surface area contributed by atoms with E-state index < -0.39 is 23.2 Å². The molecule has 0 atom stereocenters. The Bertz CT molecular complexity index is 678. The molecular weight excluding hydrogens is 262 g/mol. The first-order valence-corrected chi connectivity index (χ1v) is 6.14. The number of ether oxygens (including phenoxy) is 1. The Morgan fingerprint density at radius 3 is 2.35 bits per heavy atom. The zero-order valence-corrected chi connectivity index (χ0v) is 11.5. The molecule has 20 heavy (non-hydrogen) atoms. The van der Waals surface area contributed by atoms with Crippen molar-refractivity contribution < 1.29 is 18.3 Å². The fourth-order valence-electron chi connectivity index (χ4n) is 1.88. The number of aryl methyl sites for hydroxylation is 2. The standard InChI is InChI=1S/C16H14F2O2/c1-9-4-5-10(2)15(11(9)3)20-16(19)13-8-12(17)6-7-14(13)18/h4-8H,1-3H3. The minimum Gasteiger partial charge on any atom is -0.422 e. The van der Waals surface area contributed by atoms with Crippen LogP contribution in [0.15, 0.2) is 30.3 Å². The highest BCUT2D eigenvalue weighted by Crippen LogP contribution is 2.27. The van der Waals surface area contributed by atoms with Gasteiger partial charge in [0.05, 0.1) is 5.56 Å². The van der Waals surface area contributed by atoms with E-state index in [9.17, 15) is 13.6 Å². The Hall–Kier alpha value is -2.23. The maximum atomic E-state index is 13.5. The summed E-state index contributed by atoms with van der Waals surface area (Å²) in [7, 11) is 0. The van der Waals surface area contributed by atoms with Gasteiger partial charge < -0.3 is 4.74 Å². The first-order valence-electron chi connectivity index (χ1n) is 6.14. The van der Waals surface area contributed by atoms with Crippen LogP contribution in [0, 0.1) is 32.4 Å². The van der Waals surface area contributed by atoms with Gasteiger partial charge >= 0.3 is 5.97 Å². The van der Waals surface area contributed by atoms with Gasteiger partial charge in [0.2, 0.25) is 0 Å². The monoisotopic (exact) mass is 276 g/mol. The summed E-state index contributed by atoms with van der Waals surface area (Å²) in [5, 5.41) is 0. The lowest BCUT2D eigenvalue weighted by Crippen LogP contribution is -2.13. The van der Waals surface area contributed by atoms with Gasteiger partial charge in [0.15, 0.2) is 0 Å². The zero-order valence-electron chi connectivity index (χ0n) is 11.5. The maximum absolute atomic E-state index is 13.5. The molecule has 0 fully saturated rings. The fourth-order valence-corrected chi connectivity index (χ4v) is 1.88. The van der Waals surface area contributed by atoms with Gasteiger partial charge in [-0.3, -0.25) is 0 Å². The third kappa shape index (κ3) is 2.69. The Balaban J connectivity index is 2.38. The Morgan fingerprint density at radius 1 is 1.00 bits per heavy atom. The van der Waals surface area contributed by atoms with Crippen molar-refractivity contribution in [2.75, 3.05) is 0 Å². The van der Waals surface area contributed by atoms with E-state index in [0.29, 0.717) is 5.75 Å². The second kappa shape index (κ2) is 5.41. The van der Waals surface area contributed by atoms with Gasteiger partial charge in [-0.05, 0) is 55.7 Å². The van der Waals surface area contributed by atoms with Crippen LogP contribution in [-0.2, 0) is 0 Å². The molecular formula is C16H14F2O2. The van der Waals surface area contributed by atoms with E-state index in [1.54, 1.807) is 6.92 Å². The van der Waals surface area contributed by atoms with E-state index >= 15 is 0 Å². The number of hydrogen-bond acceptors (Lipinski definition) is 2. The molecule has 104 valence electrons. The average molecular weight is 276 g/mol. The van der Waals surface area contributed by atoms with Crippen molar-refractivity contribution in [3.05, 3.63) is 64.2 Å². The summed E-state index contributed by atoms with van der Waals surface area (Å²) in [5.41, 5.74) is 2.11. The topological polar surface area (TPSA) is 26.3 Å². The van der Waals surface area contributed by atoms with Crippen LogP contribution in [0.4, 0.5) is 8.78 Å². The molecule has 0 aliphatic rings. The molecule has 0 heterocycles. The fraction of sp³-hybridized carbons (Fsp3) is 0.188. The van der Waals surface area contributed by atoms with Crippen molar-refractivity contribution in [3.8, 4) is 5.75 Å². The van der Waals surface area contributed by atoms with E-state index in [1.807, 2.05) is 26.0 Å². The molecule has 2 aromatic carbocycles. The van der Waals surface area contributed by atoms with Crippen LogP contribution in [0.1, 0.15) is 27.0 Å². The number of hydrogen-bond donors (Lipinski definition) is 0. The van der Waals surface area contributed by atoms with E-state index in [4.69, 9.17) is 4.74 Å². The van der Waals surface area contributed by atoms with Crippen molar-refractivity contribution in [1.29, 1.82) is 0 Å². The number of rotatable bonds is 2. The molecule has 0 unspecified atom stereocenters. The van der Waals surface area contributed by atoms with Crippen LogP contribution in [0.2, 0.25) is 0 Å². The highest BCUT2D eigenvalue weighted by atomic mass is 19.1. The van der Waals surface area contributed by atoms with Crippen LogP contribution in [0.3, 0.4) is 0 Å². The van der Waals surface area contributed by atoms with Gasteiger partial charge in [-0.1, -0.05) is 12.1 Å². The predicted octanol–water partition coefficient (Wildman–Crippen LogP) is 4.11. The SMILES string of the molecule is Cc1ccc(C)c(OC(=O)c2cc(F)ccc2F)c1C. The lowest BCUT2D eigenvalue weighted by atomic mass is 10.1. The maximum Gasteiger partial charge on any atom is 0.346 e. The van der Waals surface area contributed by atoms with Gasteiger partial charge in [-0.25, -0.2) is 13.6 Å². The zero-order chi connectivity index (χ0) is 14.9. The second-order valence-corrected chi connectivity index (χ2v) is 4.67. The smallest absolute Gasteiger partial charge is 0.346 e. The molecule has 0 saturated carbocycles. The molecule has 0 N–H and O–H groups in total. The summed E-state index contributed by atoms with van der Waals surface area (Å²) in [6.07, 6.45) is 0. The third-order valence-corrected chi connectivity index (χ3v) is 3.22. The van der Waals surface area contributed by atoms with Gasteiger partial charge in [0.25, 0.3) is 0 Å². The summed E-state index contributed by atoms with van der Waals surface area (Å²) in [6, 6.07) is 6.41. The number of halogens is 2. The second-order valence-electron chi connectivity index (χ2n) is 4.67. The van der Waals surface area contributed by atoms with Crippen LogP contribution >= 0.6 is 0 Å². The molecule has 0 aliphatic heterocycles. The highest BCUT2D eigenvalue weighted by molar-refractivity contribution is 5.91. The Morgan fingerprint density at radius 2 is 1.65 bits per heavy atom. The van der Waals surface area contributed by atoms with Crippen LogP contribution in [-0.4, -0.2) is 5.97 Å². The number of carbonyl (C=O) groups is 1. The van der Waals surface area contributed by atoms with Crippen LogP contribution in [0.25, 0.3) is 0 Å². The first-order chi connectivity index (χ1) is 9.40.